The molecule has 1 atom stereocenters. The van der Waals surface area contributed by atoms with Gasteiger partial charge in [0.25, 0.3) is 5.91 Å². The minimum Gasteiger partial charge on any atom is -0.486 e. The first kappa shape index (κ1) is 28.8. The zero-order valence-electron chi connectivity index (χ0n) is 23.8. The number of pyridine rings is 1. The van der Waals surface area contributed by atoms with Gasteiger partial charge in [-0.3, -0.25) is 9.69 Å². The summed E-state index contributed by atoms with van der Waals surface area (Å²) in [6.45, 7) is 3.73. The third-order valence-corrected chi connectivity index (χ3v) is 7.41. The molecule has 11 nitrogen and oxygen atoms in total. The molecular formula is C30H40N6O5. The summed E-state index contributed by atoms with van der Waals surface area (Å²) in [5, 5.41) is 17.0. The van der Waals surface area contributed by atoms with E-state index in [4.69, 9.17) is 13.9 Å². The van der Waals surface area contributed by atoms with Gasteiger partial charge in [-0.25, -0.2) is 4.98 Å². The van der Waals surface area contributed by atoms with Crippen LogP contribution in [0.15, 0.2) is 47.3 Å². The van der Waals surface area contributed by atoms with E-state index in [1.165, 1.54) is 23.9 Å². The molecule has 11 heteroatoms. The molecule has 0 unspecified atom stereocenters. The van der Waals surface area contributed by atoms with Crippen molar-refractivity contribution >= 4 is 11.7 Å². The van der Waals surface area contributed by atoms with E-state index in [1.807, 2.05) is 25.1 Å². The molecule has 1 fully saturated rings. The Bertz CT molecular complexity index is 1280. The van der Waals surface area contributed by atoms with E-state index in [-0.39, 0.29) is 12.5 Å². The molecule has 1 aliphatic carbocycles. The fourth-order valence-corrected chi connectivity index (χ4v) is 4.86. The Morgan fingerprint density at radius 3 is 2.85 bits per heavy atom. The minimum atomic E-state index is -0.699. The molecule has 5 rings (SSSR count). The van der Waals surface area contributed by atoms with Crippen LogP contribution in [0, 0.1) is 0 Å². The number of hydrogen-bond donors (Lipinski definition) is 3. The SMILES string of the molecule is CN(C)CCOc1cc(C(=O)NC[C@H](O)CN2CCc3cc(OCc4cnco4)ccc3C2)cc(NC2CCC2)n1. The zero-order chi connectivity index (χ0) is 28.6. The Kier molecular flexibility index (Phi) is 9.71. The van der Waals surface area contributed by atoms with Crippen molar-refractivity contribution in [1.82, 2.24) is 25.1 Å². The first-order valence-electron chi connectivity index (χ1n) is 14.3. The van der Waals surface area contributed by atoms with E-state index in [9.17, 15) is 9.90 Å². The van der Waals surface area contributed by atoms with Crippen LogP contribution in [0.25, 0.3) is 0 Å². The summed E-state index contributed by atoms with van der Waals surface area (Å²) in [6, 6.07) is 9.89. The molecule has 0 bridgehead atoms. The summed E-state index contributed by atoms with van der Waals surface area (Å²) < 4.78 is 16.9. The van der Waals surface area contributed by atoms with E-state index in [0.29, 0.717) is 48.8 Å². The molecule has 1 saturated carbocycles. The zero-order valence-corrected chi connectivity index (χ0v) is 23.8. The predicted octanol–water partition coefficient (Wildman–Crippen LogP) is 2.70. The van der Waals surface area contributed by atoms with Crippen molar-refractivity contribution in [2.24, 2.45) is 0 Å². The lowest BCUT2D eigenvalue weighted by molar-refractivity contribution is 0.0841. The molecule has 1 aliphatic heterocycles. The molecule has 0 saturated heterocycles. The number of β-amino-alcohol motifs (C(OH)–C–C–N with tert-alkyl or cyclic N) is 1. The maximum Gasteiger partial charge on any atom is 0.251 e. The summed E-state index contributed by atoms with van der Waals surface area (Å²) >= 11 is 0. The summed E-state index contributed by atoms with van der Waals surface area (Å²) in [7, 11) is 3.96. The number of nitrogens with zero attached hydrogens (tertiary/aromatic N) is 4. The van der Waals surface area contributed by atoms with Crippen molar-refractivity contribution in [3.8, 4) is 11.6 Å². The van der Waals surface area contributed by atoms with Gasteiger partial charge in [0.05, 0.1) is 12.3 Å². The predicted molar refractivity (Wildman–Crippen MR) is 154 cm³/mol. The van der Waals surface area contributed by atoms with Gasteiger partial charge in [0.15, 0.2) is 12.2 Å². The summed E-state index contributed by atoms with van der Waals surface area (Å²) in [5.74, 6) is 2.27. The van der Waals surface area contributed by atoms with Gasteiger partial charge in [-0.05, 0) is 69.1 Å². The molecule has 2 aliphatic rings. The van der Waals surface area contributed by atoms with Crippen LogP contribution in [0.4, 0.5) is 5.82 Å². The van der Waals surface area contributed by atoms with Gasteiger partial charge in [0.1, 0.15) is 24.8 Å². The number of hydrogen-bond acceptors (Lipinski definition) is 10. The van der Waals surface area contributed by atoms with Crippen LogP contribution in [0.2, 0.25) is 0 Å². The average molecular weight is 565 g/mol. The Balaban J connectivity index is 1.11. The topological polar surface area (TPSA) is 125 Å². The van der Waals surface area contributed by atoms with Crippen LogP contribution in [0.1, 0.15) is 46.5 Å². The number of nitrogens with one attached hydrogen (secondary N) is 2. The molecular weight excluding hydrogens is 524 g/mol. The van der Waals surface area contributed by atoms with Crippen LogP contribution in [-0.2, 0) is 19.6 Å². The van der Waals surface area contributed by atoms with E-state index in [1.54, 1.807) is 18.3 Å². The first-order valence-corrected chi connectivity index (χ1v) is 14.3. The molecule has 2 aromatic heterocycles. The lowest BCUT2D eigenvalue weighted by Gasteiger charge is -2.30. The van der Waals surface area contributed by atoms with Crippen LogP contribution >= 0.6 is 0 Å². The maximum absolute atomic E-state index is 13.0. The Morgan fingerprint density at radius 2 is 2.10 bits per heavy atom. The highest BCUT2D eigenvalue weighted by Crippen LogP contribution is 2.26. The highest BCUT2D eigenvalue weighted by Gasteiger charge is 2.22. The molecule has 41 heavy (non-hydrogen) atoms. The van der Waals surface area contributed by atoms with Gasteiger partial charge in [-0.1, -0.05) is 6.07 Å². The standard InChI is InChI=1S/C30H40N6O5/c1-35(2)10-11-39-29-14-23(13-28(34-29)33-24-4-3-5-24)30(38)32-15-25(37)18-36-9-8-21-12-26(7-6-22(21)17-36)40-19-27-16-31-20-41-27/h6-7,12-14,16,20,24-25,37H,3-5,8-11,15,17-19H2,1-2H3,(H,32,38)(H,33,34)/t25-/m0/s1. The number of rotatable bonds is 14. The number of ether oxygens (including phenoxy) is 2. The number of benzene rings is 1. The fourth-order valence-electron chi connectivity index (χ4n) is 4.86. The van der Waals surface area contributed by atoms with Gasteiger partial charge in [0, 0.05) is 50.4 Å². The van der Waals surface area contributed by atoms with Crippen molar-refractivity contribution < 1.29 is 23.8 Å². The summed E-state index contributed by atoms with van der Waals surface area (Å²) in [5.41, 5.74) is 2.92. The number of carbonyl (C=O) groups is 1. The Morgan fingerprint density at radius 1 is 1.22 bits per heavy atom. The van der Waals surface area contributed by atoms with Crippen molar-refractivity contribution in [1.29, 1.82) is 0 Å². The van der Waals surface area contributed by atoms with E-state index in [2.05, 4.69) is 37.6 Å². The molecule has 1 aromatic carbocycles. The first-order chi connectivity index (χ1) is 19.9. The van der Waals surface area contributed by atoms with Gasteiger partial charge in [0.2, 0.25) is 5.88 Å². The summed E-state index contributed by atoms with van der Waals surface area (Å²) in [6.07, 6.45) is 6.59. The number of aliphatic hydroxyl groups is 1. The third kappa shape index (κ3) is 8.42. The highest BCUT2D eigenvalue weighted by molar-refractivity contribution is 5.95. The maximum atomic E-state index is 13.0. The minimum absolute atomic E-state index is 0.154. The lowest BCUT2D eigenvalue weighted by atomic mass is 9.93. The number of aromatic nitrogens is 2. The van der Waals surface area contributed by atoms with Gasteiger partial charge >= 0.3 is 0 Å². The van der Waals surface area contributed by atoms with Crippen LogP contribution in [-0.4, -0.2) is 89.8 Å². The monoisotopic (exact) mass is 564 g/mol. The number of aliphatic hydroxyl groups excluding tert-OH is 1. The van der Waals surface area contributed by atoms with Gasteiger partial charge in [-0.15, -0.1) is 0 Å². The van der Waals surface area contributed by atoms with E-state index in [0.717, 1.165) is 44.6 Å². The second-order valence-electron chi connectivity index (χ2n) is 11.0. The average Bonchev–Trinajstić information content (AvgIpc) is 3.46. The molecule has 1 amide bonds. The lowest BCUT2D eigenvalue weighted by Crippen LogP contribution is -2.42. The highest BCUT2D eigenvalue weighted by atomic mass is 16.5. The number of amides is 1. The van der Waals surface area contributed by atoms with Crippen LogP contribution < -0.4 is 20.1 Å². The van der Waals surface area contributed by atoms with E-state index < -0.39 is 6.10 Å². The molecule has 0 spiro atoms. The number of fused-ring (bicyclic) bond motifs is 1. The van der Waals surface area contributed by atoms with Crippen molar-refractivity contribution in [3.63, 3.8) is 0 Å². The normalized spacial score (nSPS) is 16.1. The Hall–Kier alpha value is -3.67. The number of likely N-dealkylation sites (N-methyl/N-ethyl adjacent to an activating group) is 1. The Labute approximate surface area is 240 Å². The molecule has 3 N–H and O–H groups in total. The van der Waals surface area contributed by atoms with E-state index >= 15 is 0 Å². The second-order valence-corrected chi connectivity index (χ2v) is 11.0. The van der Waals surface area contributed by atoms with Crippen molar-refractivity contribution in [3.05, 3.63) is 65.4 Å². The largest absolute Gasteiger partial charge is 0.486 e. The molecule has 3 heterocycles. The number of anilines is 1. The molecule has 3 aromatic rings. The molecule has 0 radical (unpaired) electrons. The van der Waals surface area contributed by atoms with Crippen LogP contribution in [0.5, 0.6) is 11.6 Å². The van der Waals surface area contributed by atoms with Gasteiger partial charge < -0.3 is 34.5 Å². The smallest absolute Gasteiger partial charge is 0.251 e. The quantitative estimate of drug-likeness (QED) is 0.269. The summed E-state index contributed by atoms with van der Waals surface area (Å²) in [4.78, 5) is 25.7. The fraction of sp³-hybridized carbons (Fsp3) is 0.500. The van der Waals surface area contributed by atoms with Gasteiger partial charge in [-0.2, -0.15) is 4.98 Å². The number of carbonyl (C=O) groups excluding carboxylic acids is 1. The van der Waals surface area contributed by atoms with Crippen LogP contribution in [0.3, 0.4) is 0 Å². The van der Waals surface area contributed by atoms with Crippen molar-refractivity contribution in [2.75, 3.05) is 52.2 Å². The number of oxazole rings is 1. The third-order valence-electron chi connectivity index (χ3n) is 7.41. The van der Waals surface area contributed by atoms with Crippen molar-refractivity contribution in [2.45, 2.75) is 51.0 Å². The second kappa shape index (κ2) is 13.8. The molecule has 220 valence electrons.